The van der Waals surface area contributed by atoms with Crippen LogP contribution in [0.3, 0.4) is 0 Å². The second kappa shape index (κ2) is 8.47. The summed E-state index contributed by atoms with van der Waals surface area (Å²) < 4.78 is 4.79. The number of aryl methyl sites for hydroxylation is 1. The van der Waals surface area contributed by atoms with Crippen LogP contribution in [0.15, 0.2) is 140 Å². The topological polar surface area (TPSA) is 9.86 Å². The summed E-state index contributed by atoms with van der Waals surface area (Å²) in [5.74, 6) is 0. The minimum atomic E-state index is 1.17. The van der Waals surface area contributed by atoms with E-state index in [0.717, 1.165) is 0 Å². The van der Waals surface area contributed by atoms with Gasteiger partial charge in [-0.2, -0.15) is 0 Å². The lowest BCUT2D eigenvalue weighted by Gasteiger charge is -2.12. The molecule has 8 aromatic rings. The first-order chi connectivity index (χ1) is 19.3. The van der Waals surface area contributed by atoms with Crippen LogP contribution < -0.4 is 0 Å². The van der Waals surface area contributed by atoms with Crippen molar-refractivity contribution in [2.45, 2.75) is 6.92 Å². The molecule has 2 heteroatoms. The Bertz CT molecular complexity index is 2140. The minimum absolute atomic E-state index is 1.17. The summed E-state index contributed by atoms with van der Waals surface area (Å²) in [5, 5.41) is 5.11. The molecule has 0 spiro atoms. The zero-order chi connectivity index (χ0) is 25.9. The van der Waals surface area contributed by atoms with Crippen LogP contribution in [0.25, 0.3) is 66.1 Å². The van der Waals surface area contributed by atoms with E-state index < -0.39 is 0 Å². The van der Waals surface area contributed by atoms with E-state index in [9.17, 15) is 0 Å². The molecule has 0 aliphatic heterocycles. The molecule has 2 heterocycles. The van der Waals surface area contributed by atoms with E-state index in [2.05, 4.69) is 156 Å². The predicted molar refractivity (Wildman–Crippen MR) is 165 cm³/mol. The molecule has 0 saturated carbocycles. The maximum Gasteiger partial charge on any atom is 0.0541 e. The Balaban J connectivity index is 1.34. The van der Waals surface area contributed by atoms with Gasteiger partial charge in [-0.3, -0.25) is 0 Å². The third-order valence-corrected chi connectivity index (χ3v) is 8.05. The van der Waals surface area contributed by atoms with E-state index in [1.807, 2.05) is 0 Å². The Morgan fingerprint density at radius 3 is 1.62 bits per heavy atom. The highest BCUT2D eigenvalue weighted by atomic mass is 15.0. The van der Waals surface area contributed by atoms with Crippen LogP contribution in [0, 0.1) is 6.92 Å². The Morgan fingerprint density at radius 2 is 0.923 bits per heavy atom. The molecule has 0 amide bonds. The Hall–Kier alpha value is -5.08. The van der Waals surface area contributed by atoms with Crippen LogP contribution in [0.1, 0.15) is 5.56 Å². The average molecular weight is 499 g/mol. The van der Waals surface area contributed by atoms with Gasteiger partial charge in [0.05, 0.1) is 22.1 Å². The maximum absolute atomic E-state index is 2.40. The SMILES string of the molecule is Cc1ccccc1-n1c2ccccc2c2cc(-c3cccc(-n4c5ccccc5c5ccccc54)c3)ccc21. The average Bonchev–Trinajstić information content (AvgIpc) is 3.50. The van der Waals surface area contributed by atoms with Crippen molar-refractivity contribution in [3.8, 4) is 22.5 Å². The van der Waals surface area contributed by atoms with Crippen molar-refractivity contribution in [1.82, 2.24) is 9.13 Å². The Morgan fingerprint density at radius 1 is 0.385 bits per heavy atom. The number of rotatable bonds is 3. The summed E-state index contributed by atoms with van der Waals surface area (Å²) in [7, 11) is 0. The molecule has 2 aromatic heterocycles. The molecule has 0 saturated heterocycles. The first-order valence-electron chi connectivity index (χ1n) is 13.5. The largest absolute Gasteiger partial charge is 0.309 e. The zero-order valence-electron chi connectivity index (χ0n) is 21.7. The summed E-state index contributed by atoms with van der Waals surface area (Å²) in [6, 6.07) is 50.6. The minimum Gasteiger partial charge on any atom is -0.309 e. The van der Waals surface area contributed by atoms with Crippen molar-refractivity contribution >= 4 is 43.6 Å². The van der Waals surface area contributed by atoms with Gasteiger partial charge in [0.25, 0.3) is 0 Å². The van der Waals surface area contributed by atoms with Crippen molar-refractivity contribution in [2.75, 3.05) is 0 Å². The zero-order valence-corrected chi connectivity index (χ0v) is 21.7. The fourth-order valence-electron chi connectivity index (χ4n) is 6.25. The number of aromatic nitrogens is 2. The van der Waals surface area contributed by atoms with Crippen molar-refractivity contribution in [1.29, 1.82) is 0 Å². The van der Waals surface area contributed by atoms with Crippen molar-refractivity contribution < 1.29 is 0 Å². The molecular weight excluding hydrogens is 472 g/mol. The molecule has 0 atom stereocenters. The molecule has 6 aromatic carbocycles. The third-order valence-electron chi connectivity index (χ3n) is 8.05. The van der Waals surface area contributed by atoms with Crippen LogP contribution in [-0.2, 0) is 0 Å². The van der Waals surface area contributed by atoms with E-state index in [-0.39, 0.29) is 0 Å². The quantitative estimate of drug-likeness (QED) is 0.229. The number of para-hydroxylation sites is 4. The molecule has 0 fully saturated rings. The van der Waals surface area contributed by atoms with Crippen molar-refractivity contribution in [3.63, 3.8) is 0 Å². The monoisotopic (exact) mass is 498 g/mol. The van der Waals surface area contributed by atoms with Gasteiger partial charge in [0, 0.05) is 32.9 Å². The molecule has 0 radical (unpaired) electrons. The van der Waals surface area contributed by atoms with Gasteiger partial charge in [0.15, 0.2) is 0 Å². The fraction of sp³-hybridized carbons (Fsp3) is 0.0270. The molecule has 0 unspecified atom stereocenters. The van der Waals surface area contributed by atoms with E-state index >= 15 is 0 Å². The molecule has 39 heavy (non-hydrogen) atoms. The van der Waals surface area contributed by atoms with E-state index in [4.69, 9.17) is 0 Å². The first kappa shape index (κ1) is 22.0. The van der Waals surface area contributed by atoms with Gasteiger partial charge in [-0.15, -0.1) is 0 Å². The first-order valence-corrected chi connectivity index (χ1v) is 13.5. The van der Waals surface area contributed by atoms with E-state index in [1.54, 1.807) is 0 Å². The highest BCUT2D eigenvalue weighted by molar-refractivity contribution is 6.11. The Kier molecular flexibility index (Phi) is 4.77. The van der Waals surface area contributed by atoms with Crippen LogP contribution in [0.4, 0.5) is 0 Å². The Labute approximate surface area is 227 Å². The maximum atomic E-state index is 2.40. The van der Waals surface area contributed by atoms with E-state index in [0.29, 0.717) is 0 Å². The lowest BCUT2D eigenvalue weighted by molar-refractivity contribution is 1.15. The number of hydrogen-bond donors (Lipinski definition) is 0. The molecule has 2 nitrogen and oxygen atoms in total. The number of fused-ring (bicyclic) bond motifs is 6. The normalized spacial score (nSPS) is 11.7. The van der Waals surface area contributed by atoms with Gasteiger partial charge in [-0.05, 0) is 72.1 Å². The van der Waals surface area contributed by atoms with Crippen LogP contribution in [0.2, 0.25) is 0 Å². The van der Waals surface area contributed by atoms with Crippen LogP contribution >= 0.6 is 0 Å². The molecule has 0 aliphatic rings. The molecule has 184 valence electrons. The molecule has 0 N–H and O–H groups in total. The lowest BCUT2D eigenvalue weighted by atomic mass is 10.0. The van der Waals surface area contributed by atoms with Crippen molar-refractivity contribution in [2.24, 2.45) is 0 Å². The van der Waals surface area contributed by atoms with Gasteiger partial charge < -0.3 is 9.13 Å². The summed E-state index contributed by atoms with van der Waals surface area (Å²) in [4.78, 5) is 0. The van der Waals surface area contributed by atoms with Gasteiger partial charge in [-0.25, -0.2) is 0 Å². The molecule has 0 aliphatic carbocycles. The lowest BCUT2D eigenvalue weighted by Crippen LogP contribution is -1.96. The number of nitrogens with zero attached hydrogens (tertiary/aromatic N) is 2. The van der Waals surface area contributed by atoms with E-state index in [1.165, 1.54) is 71.7 Å². The molecule has 8 rings (SSSR count). The highest BCUT2D eigenvalue weighted by Crippen LogP contribution is 2.37. The molecular formula is C37H26N2. The molecule has 0 bridgehead atoms. The predicted octanol–water partition coefficient (Wildman–Crippen LogP) is 9.86. The standard InChI is InChI=1S/C37H26N2/c1-25-11-2-6-17-33(25)39-36-20-9-5-16-31(36)32-24-27(21-22-37(32)39)26-12-10-13-28(23-26)38-34-18-7-3-14-29(34)30-15-4-8-19-35(30)38/h2-24H,1H3. The summed E-state index contributed by atoms with van der Waals surface area (Å²) in [5.41, 5.74) is 11.0. The van der Waals surface area contributed by atoms with Crippen molar-refractivity contribution in [3.05, 3.63) is 145 Å². The second-order valence-electron chi connectivity index (χ2n) is 10.3. The third kappa shape index (κ3) is 3.28. The number of benzene rings is 6. The highest BCUT2D eigenvalue weighted by Gasteiger charge is 2.15. The summed E-state index contributed by atoms with van der Waals surface area (Å²) in [6.45, 7) is 2.18. The van der Waals surface area contributed by atoms with Gasteiger partial charge >= 0.3 is 0 Å². The van der Waals surface area contributed by atoms with Gasteiger partial charge in [0.2, 0.25) is 0 Å². The summed E-state index contributed by atoms with van der Waals surface area (Å²) >= 11 is 0. The van der Waals surface area contributed by atoms with Gasteiger partial charge in [-0.1, -0.05) is 91.0 Å². The second-order valence-corrected chi connectivity index (χ2v) is 10.3. The van der Waals surface area contributed by atoms with Crippen LogP contribution in [-0.4, -0.2) is 9.13 Å². The fourth-order valence-corrected chi connectivity index (χ4v) is 6.25. The summed E-state index contributed by atoms with van der Waals surface area (Å²) in [6.07, 6.45) is 0. The van der Waals surface area contributed by atoms with Gasteiger partial charge in [0.1, 0.15) is 0 Å². The number of hydrogen-bond acceptors (Lipinski definition) is 0. The smallest absolute Gasteiger partial charge is 0.0541 e. The van der Waals surface area contributed by atoms with Crippen LogP contribution in [0.5, 0.6) is 0 Å².